The summed E-state index contributed by atoms with van der Waals surface area (Å²) in [6.07, 6.45) is 10.5. The Labute approximate surface area is 162 Å². The molecule has 1 saturated carbocycles. The Hall–Kier alpha value is -2.22. The fourth-order valence-corrected chi connectivity index (χ4v) is 6.56. The summed E-state index contributed by atoms with van der Waals surface area (Å²) >= 11 is 0. The molecule has 0 saturated heterocycles. The van der Waals surface area contributed by atoms with Gasteiger partial charge in [0.05, 0.1) is 11.4 Å². The van der Waals surface area contributed by atoms with Crippen LogP contribution in [0.5, 0.6) is 0 Å². The molecule has 2 heteroatoms. The van der Waals surface area contributed by atoms with E-state index in [0.717, 1.165) is 0 Å². The van der Waals surface area contributed by atoms with Crippen molar-refractivity contribution in [2.75, 3.05) is 10.2 Å². The van der Waals surface area contributed by atoms with Gasteiger partial charge in [-0.05, 0) is 68.2 Å². The molecule has 2 aromatic carbocycles. The van der Waals surface area contributed by atoms with E-state index in [0.29, 0.717) is 11.8 Å². The third kappa shape index (κ3) is 2.13. The number of hydrogen-bond donors (Lipinski definition) is 1. The number of para-hydroxylation sites is 2. The molecule has 1 fully saturated rings. The van der Waals surface area contributed by atoms with Gasteiger partial charge in [-0.2, -0.15) is 0 Å². The van der Waals surface area contributed by atoms with Crippen molar-refractivity contribution in [3.8, 4) is 0 Å². The first-order valence-corrected chi connectivity index (χ1v) is 10.8. The third-order valence-corrected chi connectivity index (χ3v) is 7.52. The Morgan fingerprint density at radius 2 is 1.67 bits per heavy atom. The van der Waals surface area contributed by atoms with E-state index in [4.69, 9.17) is 0 Å². The van der Waals surface area contributed by atoms with Crippen LogP contribution in [0.4, 0.5) is 11.4 Å². The quantitative estimate of drug-likeness (QED) is 0.633. The van der Waals surface area contributed by atoms with E-state index in [-0.39, 0.29) is 5.66 Å². The summed E-state index contributed by atoms with van der Waals surface area (Å²) in [5.41, 5.74) is 7.77. The molecular weight excluding hydrogens is 328 g/mol. The van der Waals surface area contributed by atoms with E-state index in [1.165, 1.54) is 68.3 Å². The number of nitrogens with one attached hydrogen (secondary N) is 1. The lowest BCUT2D eigenvalue weighted by molar-refractivity contribution is 0.176. The second-order valence-corrected chi connectivity index (χ2v) is 8.82. The van der Waals surface area contributed by atoms with Crippen molar-refractivity contribution in [3.05, 3.63) is 71.4 Å². The number of allylic oxidation sites excluding steroid dienone is 2. The number of hydrogen-bond acceptors (Lipinski definition) is 2. The van der Waals surface area contributed by atoms with Crippen LogP contribution in [-0.4, -0.2) is 5.66 Å². The molecule has 27 heavy (non-hydrogen) atoms. The molecule has 2 nitrogen and oxygen atoms in total. The van der Waals surface area contributed by atoms with Gasteiger partial charge in [0, 0.05) is 17.5 Å². The molecule has 0 amide bonds. The number of anilines is 2. The number of rotatable bonds is 1. The number of benzene rings is 2. The summed E-state index contributed by atoms with van der Waals surface area (Å²) in [6.45, 7) is 0. The van der Waals surface area contributed by atoms with Crippen molar-refractivity contribution in [1.82, 2.24) is 0 Å². The molecule has 0 bridgehead atoms. The second kappa shape index (κ2) is 5.89. The lowest BCUT2D eigenvalue weighted by atomic mass is 9.62. The van der Waals surface area contributed by atoms with Gasteiger partial charge in [0.1, 0.15) is 5.66 Å². The van der Waals surface area contributed by atoms with Gasteiger partial charge in [0.2, 0.25) is 0 Å². The van der Waals surface area contributed by atoms with Crippen LogP contribution in [0.2, 0.25) is 0 Å². The highest BCUT2D eigenvalue weighted by Crippen LogP contribution is 2.61. The molecule has 2 aliphatic carbocycles. The molecule has 1 N–H and O–H groups in total. The molecule has 2 heterocycles. The second-order valence-electron chi connectivity index (χ2n) is 8.82. The van der Waals surface area contributed by atoms with Crippen LogP contribution < -0.4 is 10.2 Å². The average molecular weight is 357 g/mol. The van der Waals surface area contributed by atoms with Crippen LogP contribution in [0, 0.1) is 5.92 Å². The number of fused-ring (bicyclic) bond motifs is 3. The van der Waals surface area contributed by atoms with Gasteiger partial charge in [0.25, 0.3) is 0 Å². The van der Waals surface area contributed by atoms with Gasteiger partial charge in [-0.3, -0.25) is 0 Å². The SMILES string of the molecule is c1ccc([C@H]2C3=C(CCCC3)N3c4ccccc4N[C@@]34CCCC[C@@H]24)cc1. The predicted octanol–water partition coefficient (Wildman–Crippen LogP) is 6.43. The minimum Gasteiger partial charge on any atom is -0.360 e. The van der Waals surface area contributed by atoms with Crippen molar-refractivity contribution >= 4 is 11.4 Å². The molecule has 6 rings (SSSR count). The van der Waals surface area contributed by atoms with E-state index < -0.39 is 0 Å². The molecule has 1 spiro atoms. The first kappa shape index (κ1) is 15.8. The lowest BCUT2D eigenvalue weighted by Crippen LogP contribution is -2.62. The Balaban J connectivity index is 1.61. The zero-order valence-corrected chi connectivity index (χ0v) is 16.0. The summed E-state index contributed by atoms with van der Waals surface area (Å²) in [5, 5.41) is 4.08. The van der Waals surface area contributed by atoms with E-state index in [9.17, 15) is 0 Å². The molecule has 0 unspecified atom stereocenters. The molecule has 0 radical (unpaired) electrons. The van der Waals surface area contributed by atoms with E-state index in [1.54, 1.807) is 11.3 Å². The summed E-state index contributed by atoms with van der Waals surface area (Å²) in [6, 6.07) is 20.4. The van der Waals surface area contributed by atoms with Crippen LogP contribution in [0.1, 0.15) is 62.8 Å². The zero-order chi connectivity index (χ0) is 17.8. The van der Waals surface area contributed by atoms with E-state index in [1.807, 2.05) is 0 Å². The van der Waals surface area contributed by atoms with Crippen molar-refractivity contribution in [1.29, 1.82) is 0 Å². The largest absolute Gasteiger partial charge is 0.360 e. The average Bonchev–Trinajstić information content (AvgIpc) is 3.06. The summed E-state index contributed by atoms with van der Waals surface area (Å²) in [5.74, 6) is 1.23. The highest BCUT2D eigenvalue weighted by atomic mass is 15.4. The summed E-state index contributed by atoms with van der Waals surface area (Å²) in [4.78, 5) is 2.78. The number of nitrogens with zero attached hydrogens (tertiary/aromatic N) is 1. The predicted molar refractivity (Wildman–Crippen MR) is 112 cm³/mol. The normalized spacial score (nSPS) is 31.5. The summed E-state index contributed by atoms with van der Waals surface area (Å²) in [7, 11) is 0. The summed E-state index contributed by atoms with van der Waals surface area (Å²) < 4.78 is 0. The Bertz CT molecular complexity index is 900. The highest BCUT2D eigenvalue weighted by molar-refractivity contribution is 5.82. The Morgan fingerprint density at radius 1 is 0.852 bits per heavy atom. The molecule has 3 atom stereocenters. The minimum absolute atomic E-state index is 0.0820. The van der Waals surface area contributed by atoms with Crippen molar-refractivity contribution in [3.63, 3.8) is 0 Å². The molecule has 0 aromatic heterocycles. The maximum Gasteiger partial charge on any atom is 0.118 e. The van der Waals surface area contributed by atoms with Gasteiger partial charge < -0.3 is 10.2 Å². The minimum atomic E-state index is 0.0820. The first-order chi connectivity index (χ1) is 13.4. The monoisotopic (exact) mass is 356 g/mol. The van der Waals surface area contributed by atoms with Crippen LogP contribution >= 0.6 is 0 Å². The Morgan fingerprint density at radius 3 is 2.59 bits per heavy atom. The Kier molecular flexibility index (Phi) is 3.45. The lowest BCUT2D eigenvalue weighted by Gasteiger charge is -2.57. The first-order valence-electron chi connectivity index (χ1n) is 10.8. The van der Waals surface area contributed by atoms with Crippen LogP contribution in [-0.2, 0) is 0 Å². The van der Waals surface area contributed by atoms with E-state index >= 15 is 0 Å². The standard InChI is InChI=1S/C25H28N2/c1-2-10-18(11-3-1)24-19-12-4-6-15-22(19)27-23-16-7-5-14-21(23)26-25(27)17-9-8-13-20(24)25/h1-3,5,7,10-11,14,16,20,24,26H,4,6,8-9,12-13,15,17H2/t20-,24-,25-/m0/s1. The van der Waals surface area contributed by atoms with Crippen molar-refractivity contribution in [2.24, 2.45) is 5.92 Å². The van der Waals surface area contributed by atoms with Gasteiger partial charge in [-0.25, -0.2) is 0 Å². The molecular formula is C25H28N2. The van der Waals surface area contributed by atoms with Crippen LogP contribution in [0.3, 0.4) is 0 Å². The van der Waals surface area contributed by atoms with Gasteiger partial charge >= 0.3 is 0 Å². The zero-order valence-electron chi connectivity index (χ0n) is 16.0. The van der Waals surface area contributed by atoms with Crippen molar-refractivity contribution in [2.45, 2.75) is 62.9 Å². The molecule has 138 valence electrons. The molecule has 2 aliphatic heterocycles. The van der Waals surface area contributed by atoms with Crippen LogP contribution in [0.25, 0.3) is 0 Å². The third-order valence-electron chi connectivity index (χ3n) is 7.52. The van der Waals surface area contributed by atoms with Gasteiger partial charge in [-0.1, -0.05) is 48.9 Å². The molecule has 4 aliphatic rings. The van der Waals surface area contributed by atoms with Crippen LogP contribution in [0.15, 0.2) is 65.9 Å². The fraction of sp³-hybridized carbons (Fsp3) is 0.440. The maximum absolute atomic E-state index is 4.08. The fourth-order valence-electron chi connectivity index (χ4n) is 6.56. The topological polar surface area (TPSA) is 15.3 Å². The van der Waals surface area contributed by atoms with Gasteiger partial charge in [0.15, 0.2) is 0 Å². The van der Waals surface area contributed by atoms with Gasteiger partial charge in [-0.15, -0.1) is 0 Å². The van der Waals surface area contributed by atoms with E-state index in [2.05, 4.69) is 64.8 Å². The van der Waals surface area contributed by atoms with Crippen molar-refractivity contribution < 1.29 is 0 Å². The highest BCUT2D eigenvalue weighted by Gasteiger charge is 2.57. The smallest absolute Gasteiger partial charge is 0.118 e. The maximum atomic E-state index is 4.08. The molecule has 2 aromatic rings.